The van der Waals surface area contributed by atoms with Gasteiger partial charge in [-0.1, -0.05) is 18.2 Å². The summed E-state index contributed by atoms with van der Waals surface area (Å²) < 4.78 is 0. The highest BCUT2D eigenvalue weighted by Crippen LogP contribution is 2.24. The highest BCUT2D eigenvalue weighted by molar-refractivity contribution is 7.10. The first-order valence-corrected chi connectivity index (χ1v) is 8.31. The number of carbonyl (C=O) groups is 1. The molecule has 3 N–H and O–H groups in total. The van der Waals surface area contributed by atoms with Gasteiger partial charge in [0.1, 0.15) is 5.60 Å². The topological polar surface area (TPSA) is 64.6 Å². The van der Waals surface area contributed by atoms with Crippen LogP contribution in [0.4, 0.5) is 10.5 Å². The van der Waals surface area contributed by atoms with Gasteiger partial charge < -0.3 is 20.6 Å². The van der Waals surface area contributed by atoms with E-state index in [1.165, 1.54) is 11.3 Å². The van der Waals surface area contributed by atoms with Gasteiger partial charge in [0.15, 0.2) is 0 Å². The highest BCUT2D eigenvalue weighted by Gasteiger charge is 2.24. The minimum absolute atomic E-state index is 0.164. The Morgan fingerprint density at radius 1 is 1.26 bits per heavy atom. The van der Waals surface area contributed by atoms with E-state index in [1.807, 2.05) is 60.8 Å². The third-order valence-corrected chi connectivity index (χ3v) is 4.65. The quantitative estimate of drug-likeness (QED) is 0.761. The zero-order valence-corrected chi connectivity index (χ0v) is 14.5. The van der Waals surface area contributed by atoms with Gasteiger partial charge in [-0.3, -0.25) is 0 Å². The van der Waals surface area contributed by atoms with Gasteiger partial charge in [-0.15, -0.1) is 11.3 Å². The van der Waals surface area contributed by atoms with Gasteiger partial charge in [-0.2, -0.15) is 0 Å². The van der Waals surface area contributed by atoms with Crippen molar-refractivity contribution in [2.45, 2.75) is 19.1 Å². The number of anilines is 1. The molecule has 0 bridgehead atoms. The molecular formula is C17H23N3O2S. The molecule has 1 aromatic carbocycles. The number of thiophene rings is 1. The summed E-state index contributed by atoms with van der Waals surface area (Å²) in [6.07, 6.45) is 0. The molecule has 1 heterocycles. The zero-order chi connectivity index (χ0) is 16.9. The fourth-order valence-corrected chi connectivity index (χ4v) is 2.90. The maximum Gasteiger partial charge on any atom is 0.315 e. The number of amides is 2. The molecule has 0 aliphatic rings. The average molecular weight is 333 g/mol. The van der Waals surface area contributed by atoms with Crippen LogP contribution in [-0.4, -0.2) is 31.8 Å². The first-order chi connectivity index (χ1) is 10.9. The molecule has 0 aliphatic heterocycles. The fourth-order valence-electron chi connectivity index (χ4n) is 2.11. The summed E-state index contributed by atoms with van der Waals surface area (Å²) in [5, 5.41) is 17.8. The Bertz CT molecular complexity index is 639. The second-order valence-corrected chi connectivity index (χ2v) is 6.80. The average Bonchev–Trinajstić information content (AvgIpc) is 3.06. The maximum absolute atomic E-state index is 11.9. The normalized spacial score (nSPS) is 13.2. The smallest absolute Gasteiger partial charge is 0.315 e. The molecule has 2 aromatic rings. The van der Waals surface area contributed by atoms with Crippen LogP contribution in [0.5, 0.6) is 0 Å². The molecule has 0 saturated heterocycles. The molecule has 0 spiro atoms. The van der Waals surface area contributed by atoms with E-state index in [9.17, 15) is 9.90 Å². The summed E-state index contributed by atoms with van der Waals surface area (Å²) in [6.45, 7) is 2.30. The summed E-state index contributed by atoms with van der Waals surface area (Å²) in [5.41, 5.74) is 1.05. The van der Waals surface area contributed by atoms with Crippen LogP contribution in [0.15, 0.2) is 41.8 Å². The molecule has 23 heavy (non-hydrogen) atoms. The number of hydrogen-bond donors (Lipinski definition) is 3. The summed E-state index contributed by atoms with van der Waals surface area (Å²) >= 11 is 1.47. The van der Waals surface area contributed by atoms with E-state index in [2.05, 4.69) is 10.6 Å². The molecule has 1 aromatic heterocycles. The second kappa shape index (κ2) is 7.48. The maximum atomic E-state index is 11.9. The fraction of sp³-hybridized carbons (Fsp3) is 0.353. The highest BCUT2D eigenvalue weighted by atomic mass is 32.1. The molecule has 0 saturated carbocycles. The largest absolute Gasteiger partial charge is 0.383 e. The monoisotopic (exact) mass is 333 g/mol. The number of hydrogen-bond acceptors (Lipinski definition) is 4. The van der Waals surface area contributed by atoms with E-state index >= 15 is 0 Å². The number of benzene rings is 1. The molecule has 5 nitrogen and oxygen atoms in total. The lowest BCUT2D eigenvalue weighted by Crippen LogP contribution is -2.42. The van der Waals surface area contributed by atoms with Gasteiger partial charge in [-0.05, 0) is 36.1 Å². The number of nitrogens with one attached hydrogen (secondary N) is 2. The molecular weight excluding hydrogens is 310 g/mol. The Balaban J connectivity index is 1.82. The van der Waals surface area contributed by atoms with Crippen molar-refractivity contribution in [1.29, 1.82) is 0 Å². The van der Waals surface area contributed by atoms with E-state index in [1.54, 1.807) is 6.92 Å². The van der Waals surface area contributed by atoms with E-state index in [0.717, 1.165) is 16.1 Å². The van der Waals surface area contributed by atoms with Crippen LogP contribution < -0.4 is 15.5 Å². The molecule has 2 rings (SSSR count). The SMILES string of the molecule is CN(C)c1cccc(CNC(=O)NCC(C)(O)c2cccs2)c1. The number of nitrogens with zero attached hydrogens (tertiary/aromatic N) is 1. The zero-order valence-electron chi connectivity index (χ0n) is 13.7. The molecule has 124 valence electrons. The minimum atomic E-state index is -1.06. The Labute approximate surface area is 140 Å². The van der Waals surface area contributed by atoms with E-state index in [4.69, 9.17) is 0 Å². The number of aliphatic hydroxyl groups is 1. The summed E-state index contributed by atoms with van der Waals surface area (Å²) in [7, 11) is 3.96. The van der Waals surface area contributed by atoms with Gasteiger partial charge in [0, 0.05) is 31.2 Å². The summed E-state index contributed by atoms with van der Waals surface area (Å²) in [6, 6.07) is 11.4. The molecule has 0 fully saturated rings. The van der Waals surface area contributed by atoms with Gasteiger partial charge in [0.25, 0.3) is 0 Å². The van der Waals surface area contributed by atoms with Crippen LogP contribution in [-0.2, 0) is 12.1 Å². The molecule has 1 atom stereocenters. The second-order valence-electron chi connectivity index (χ2n) is 5.85. The van der Waals surface area contributed by atoms with Crippen molar-refractivity contribution in [2.75, 3.05) is 25.5 Å². The molecule has 6 heteroatoms. The lowest BCUT2D eigenvalue weighted by molar-refractivity contribution is 0.0631. The minimum Gasteiger partial charge on any atom is -0.383 e. The Morgan fingerprint density at radius 2 is 2.04 bits per heavy atom. The van der Waals surface area contributed by atoms with Crippen molar-refractivity contribution in [3.63, 3.8) is 0 Å². The van der Waals surface area contributed by atoms with Crippen LogP contribution in [0.25, 0.3) is 0 Å². The lowest BCUT2D eigenvalue weighted by Gasteiger charge is -2.22. The third-order valence-electron chi connectivity index (χ3n) is 3.53. The van der Waals surface area contributed by atoms with Crippen LogP contribution in [0, 0.1) is 0 Å². The van der Waals surface area contributed by atoms with Gasteiger partial charge in [-0.25, -0.2) is 4.79 Å². The van der Waals surface area contributed by atoms with Crippen molar-refractivity contribution >= 4 is 23.1 Å². The first kappa shape index (κ1) is 17.3. The lowest BCUT2D eigenvalue weighted by atomic mass is 10.1. The van der Waals surface area contributed by atoms with Crippen molar-refractivity contribution in [3.05, 3.63) is 52.2 Å². The molecule has 0 radical (unpaired) electrons. The molecule has 0 aliphatic carbocycles. The van der Waals surface area contributed by atoms with Crippen LogP contribution in [0.2, 0.25) is 0 Å². The predicted molar refractivity (Wildman–Crippen MR) is 94.9 cm³/mol. The summed E-state index contributed by atoms with van der Waals surface area (Å²) in [5.74, 6) is 0. The van der Waals surface area contributed by atoms with Gasteiger partial charge >= 0.3 is 6.03 Å². The van der Waals surface area contributed by atoms with Crippen LogP contribution >= 0.6 is 11.3 Å². The van der Waals surface area contributed by atoms with Gasteiger partial charge in [0.2, 0.25) is 0 Å². The number of urea groups is 1. The van der Waals surface area contributed by atoms with E-state index in [0.29, 0.717) is 6.54 Å². The molecule has 1 unspecified atom stereocenters. The Kier molecular flexibility index (Phi) is 5.63. The van der Waals surface area contributed by atoms with Crippen molar-refractivity contribution < 1.29 is 9.90 Å². The van der Waals surface area contributed by atoms with Crippen molar-refractivity contribution in [2.24, 2.45) is 0 Å². The molecule has 2 amide bonds. The number of carbonyl (C=O) groups excluding carboxylic acids is 1. The van der Waals surface area contributed by atoms with Crippen LogP contribution in [0.3, 0.4) is 0 Å². The van der Waals surface area contributed by atoms with Crippen LogP contribution in [0.1, 0.15) is 17.4 Å². The van der Waals surface area contributed by atoms with Crippen molar-refractivity contribution in [3.8, 4) is 0 Å². The number of rotatable bonds is 6. The predicted octanol–water partition coefficient (Wildman–Crippen LogP) is 2.52. The standard InChI is InChI=1S/C17H23N3O2S/c1-17(22,15-8-5-9-23-15)12-19-16(21)18-11-13-6-4-7-14(10-13)20(2)3/h4-10,22H,11-12H2,1-3H3,(H2,18,19,21). The van der Waals surface area contributed by atoms with Crippen molar-refractivity contribution in [1.82, 2.24) is 10.6 Å². The third kappa shape index (κ3) is 4.97. The van der Waals surface area contributed by atoms with Gasteiger partial charge in [0.05, 0.1) is 6.54 Å². The Hall–Kier alpha value is -2.05. The first-order valence-electron chi connectivity index (χ1n) is 7.43. The van der Waals surface area contributed by atoms with E-state index < -0.39 is 5.60 Å². The summed E-state index contributed by atoms with van der Waals surface area (Å²) in [4.78, 5) is 14.8. The van der Waals surface area contributed by atoms with E-state index in [-0.39, 0.29) is 12.6 Å². The Morgan fingerprint density at radius 3 is 2.70 bits per heavy atom.